The summed E-state index contributed by atoms with van der Waals surface area (Å²) in [4.78, 5) is 25.3. The van der Waals surface area contributed by atoms with Crippen LogP contribution < -0.4 is 4.90 Å². The van der Waals surface area contributed by atoms with E-state index in [1.54, 1.807) is 11.0 Å². The Morgan fingerprint density at radius 3 is 2.71 bits per heavy atom. The molecule has 0 spiro atoms. The summed E-state index contributed by atoms with van der Waals surface area (Å²) in [7, 11) is 0. The number of carbonyl (C=O) groups excluding carboxylic acids is 2. The number of aryl methyl sites for hydroxylation is 1. The quantitative estimate of drug-likeness (QED) is 0.635. The lowest BCUT2D eigenvalue weighted by molar-refractivity contribution is -0.114. The van der Waals surface area contributed by atoms with Crippen molar-refractivity contribution in [2.45, 2.75) is 13.8 Å². The third-order valence-electron chi connectivity index (χ3n) is 2.88. The fraction of sp³-hybridized carbons (Fsp3) is 0.385. The van der Waals surface area contributed by atoms with E-state index < -0.39 is 5.91 Å². The Morgan fingerprint density at radius 2 is 2.06 bits per heavy atom. The minimum absolute atomic E-state index is 0.319. The molecule has 1 atom stereocenters. The Labute approximate surface area is 109 Å². The number of hydrogen-bond acceptors (Lipinski definition) is 2. The molecule has 4 heteroatoms. The number of ketones is 1. The topological polar surface area (TPSA) is 37.4 Å². The number of nitrogens with zero attached hydrogens (tertiary/aromatic N) is 1. The highest BCUT2D eigenvalue weighted by Crippen LogP contribution is 2.30. The summed E-state index contributed by atoms with van der Waals surface area (Å²) in [5.41, 5.74) is 2.29. The first-order chi connectivity index (χ1) is 8.04. The number of rotatable bonds is 3. The number of halogens is 1. The fourth-order valence-corrected chi connectivity index (χ4v) is 2.16. The number of fused-ring (bicyclic) bond motifs is 1. The number of alkyl halides is 1. The van der Waals surface area contributed by atoms with Gasteiger partial charge >= 0.3 is 0 Å². The molecule has 0 aliphatic carbocycles. The summed E-state index contributed by atoms with van der Waals surface area (Å²) in [5, 5.41) is 0.812. The standard InChI is InChI=1S/C13H14BrNO2/c1-8-3-4-11-10(5-8)12(16)13(17)15(11)7-9(2)6-14/h3-5,9H,6-7H2,1-2H3. The first-order valence-corrected chi connectivity index (χ1v) is 6.69. The van der Waals surface area contributed by atoms with Gasteiger partial charge in [-0.05, 0) is 25.0 Å². The summed E-state index contributed by atoms with van der Waals surface area (Å²) in [6.07, 6.45) is 0. The van der Waals surface area contributed by atoms with Gasteiger partial charge in [-0.1, -0.05) is 34.5 Å². The van der Waals surface area contributed by atoms with Crippen LogP contribution in [0.15, 0.2) is 18.2 Å². The van der Waals surface area contributed by atoms with Crippen molar-refractivity contribution in [1.82, 2.24) is 0 Å². The lowest BCUT2D eigenvalue weighted by Crippen LogP contribution is -2.34. The molecule has 90 valence electrons. The predicted molar refractivity (Wildman–Crippen MR) is 70.8 cm³/mol. The van der Waals surface area contributed by atoms with Gasteiger partial charge in [0.25, 0.3) is 11.7 Å². The van der Waals surface area contributed by atoms with Gasteiger partial charge in [0.15, 0.2) is 0 Å². The van der Waals surface area contributed by atoms with E-state index in [-0.39, 0.29) is 5.78 Å². The molecular weight excluding hydrogens is 282 g/mol. The largest absolute Gasteiger partial charge is 0.304 e. The van der Waals surface area contributed by atoms with Crippen molar-refractivity contribution in [1.29, 1.82) is 0 Å². The van der Waals surface area contributed by atoms with Crippen LogP contribution in [0.4, 0.5) is 5.69 Å². The minimum Gasteiger partial charge on any atom is -0.304 e. The molecule has 1 heterocycles. The van der Waals surface area contributed by atoms with Crippen LogP contribution in [0.3, 0.4) is 0 Å². The second-order valence-corrected chi connectivity index (χ2v) is 5.17. The van der Waals surface area contributed by atoms with Crippen LogP contribution in [0.5, 0.6) is 0 Å². The molecule has 0 N–H and O–H groups in total. The van der Waals surface area contributed by atoms with Gasteiger partial charge < -0.3 is 4.90 Å². The van der Waals surface area contributed by atoms with Gasteiger partial charge in [0.05, 0.1) is 11.3 Å². The van der Waals surface area contributed by atoms with Crippen molar-refractivity contribution in [2.24, 2.45) is 5.92 Å². The maximum absolute atomic E-state index is 11.9. The van der Waals surface area contributed by atoms with Crippen LogP contribution in [0.1, 0.15) is 22.8 Å². The van der Waals surface area contributed by atoms with Crippen molar-refractivity contribution >= 4 is 33.3 Å². The molecule has 2 rings (SSSR count). The van der Waals surface area contributed by atoms with Crippen molar-refractivity contribution in [2.75, 3.05) is 16.8 Å². The van der Waals surface area contributed by atoms with Crippen molar-refractivity contribution < 1.29 is 9.59 Å². The second kappa shape index (κ2) is 4.61. The molecule has 0 saturated carbocycles. The summed E-state index contributed by atoms with van der Waals surface area (Å²) in [6.45, 7) is 4.53. The molecule has 3 nitrogen and oxygen atoms in total. The SMILES string of the molecule is Cc1ccc2c(c1)C(=O)C(=O)N2CC(C)CBr. The Balaban J connectivity index is 2.38. The van der Waals surface area contributed by atoms with E-state index in [4.69, 9.17) is 0 Å². The average Bonchev–Trinajstić information content (AvgIpc) is 2.54. The molecule has 1 aromatic rings. The van der Waals surface area contributed by atoms with E-state index in [2.05, 4.69) is 15.9 Å². The highest BCUT2D eigenvalue weighted by Gasteiger charge is 2.35. The average molecular weight is 296 g/mol. The van der Waals surface area contributed by atoms with Gasteiger partial charge in [0.2, 0.25) is 0 Å². The van der Waals surface area contributed by atoms with Crippen molar-refractivity contribution in [3.63, 3.8) is 0 Å². The molecule has 1 aromatic carbocycles. The van der Waals surface area contributed by atoms with Crippen LogP contribution in [-0.4, -0.2) is 23.6 Å². The summed E-state index contributed by atoms with van der Waals surface area (Å²) < 4.78 is 0. The van der Waals surface area contributed by atoms with Crippen molar-refractivity contribution in [3.8, 4) is 0 Å². The summed E-state index contributed by atoms with van der Waals surface area (Å²) in [6, 6.07) is 5.57. The first kappa shape index (κ1) is 12.3. The molecule has 0 radical (unpaired) electrons. The van der Waals surface area contributed by atoms with E-state index in [0.717, 1.165) is 16.6 Å². The molecular formula is C13H14BrNO2. The van der Waals surface area contributed by atoms with Crippen LogP contribution in [0.2, 0.25) is 0 Å². The monoisotopic (exact) mass is 295 g/mol. The first-order valence-electron chi connectivity index (χ1n) is 5.57. The predicted octanol–water partition coefficient (Wildman–Crippen LogP) is 2.56. The summed E-state index contributed by atoms with van der Waals surface area (Å²) in [5.74, 6) is -0.470. The lowest BCUT2D eigenvalue weighted by atomic mass is 10.1. The maximum Gasteiger partial charge on any atom is 0.299 e. The number of hydrogen-bond donors (Lipinski definition) is 0. The van der Waals surface area contributed by atoms with Gasteiger partial charge in [-0.25, -0.2) is 0 Å². The smallest absolute Gasteiger partial charge is 0.299 e. The maximum atomic E-state index is 11.9. The van der Waals surface area contributed by atoms with E-state index in [0.29, 0.717) is 18.0 Å². The zero-order valence-electron chi connectivity index (χ0n) is 9.87. The van der Waals surface area contributed by atoms with Gasteiger partial charge in [-0.3, -0.25) is 9.59 Å². The van der Waals surface area contributed by atoms with Gasteiger partial charge in [0.1, 0.15) is 0 Å². The second-order valence-electron chi connectivity index (χ2n) is 4.52. The van der Waals surface area contributed by atoms with Crippen LogP contribution in [0.25, 0.3) is 0 Å². The normalized spacial score (nSPS) is 16.3. The van der Waals surface area contributed by atoms with Gasteiger partial charge in [-0.2, -0.15) is 0 Å². The van der Waals surface area contributed by atoms with Crippen molar-refractivity contribution in [3.05, 3.63) is 29.3 Å². The minimum atomic E-state index is -0.404. The third kappa shape index (κ3) is 2.14. The summed E-state index contributed by atoms with van der Waals surface area (Å²) >= 11 is 3.39. The molecule has 17 heavy (non-hydrogen) atoms. The molecule has 0 fully saturated rings. The number of anilines is 1. The number of benzene rings is 1. The van der Waals surface area contributed by atoms with E-state index in [1.807, 2.05) is 26.0 Å². The Hall–Kier alpha value is -1.16. The van der Waals surface area contributed by atoms with E-state index >= 15 is 0 Å². The molecule has 0 saturated heterocycles. The van der Waals surface area contributed by atoms with Crippen LogP contribution in [0, 0.1) is 12.8 Å². The Bertz CT molecular complexity index is 484. The zero-order chi connectivity index (χ0) is 12.6. The highest BCUT2D eigenvalue weighted by molar-refractivity contribution is 9.09. The molecule has 1 amide bonds. The van der Waals surface area contributed by atoms with E-state index in [9.17, 15) is 9.59 Å². The molecule has 0 bridgehead atoms. The molecule has 0 aromatic heterocycles. The highest BCUT2D eigenvalue weighted by atomic mass is 79.9. The third-order valence-corrected chi connectivity index (χ3v) is 3.99. The fourth-order valence-electron chi connectivity index (χ4n) is 1.96. The number of Topliss-reactive ketones (excluding diaryl/α,β-unsaturated/α-hetero) is 1. The van der Waals surface area contributed by atoms with Crippen LogP contribution in [-0.2, 0) is 4.79 Å². The lowest BCUT2D eigenvalue weighted by Gasteiger charge is -2.19. The number of carbonyl (C=O) groups is 2. The Morgan fingerprint density at radius 1 is 1.35 bits per heavy atom. The Kier molecular flexibility index (Phi) is 3.33. The zero-order valence-corrected chi connectivity index (χ0v) is 11.5. The number of amides is 1. The van der Waals surface area contributed by atoms with Gasteiger partial charge in [0, 0.05) is 11.9 Å². The molecule has 1 unspecified atom stereocenters. The van der Waals surface area contributed by atoms with Gasteiger partial charge in [-0.15, -0.1) is 0 Å². The molecule has 1 aliphatic heterocycles. The van der Waals surface area contributed by atoms with Crippen LogP contribution >= 0.6 is 15.9 Å². The van der Waals surface area contributed by atoms with E-state index in [1.165, 1.54) is 0 Å². The molecule has 1 aliphatic rings.